The Morgan fingerprint density at radius 3 is 1.52 bits per heavy atom. The van der Waals surface area contributed by atoms with Gasteiger partial charge in [-0.3, -0.25) is 23.0 Å². The Morgan fingerprint density at radius 2 is 1.03 bits per heavy atom. The summed E-state index contributed by atoms with van der Waals surface area (Å²) in [5, 5.41) is 35.9. The molecule has 7 aromatic carbocycles. The summed E-state index contributed by atoms with van der Waals surface area (Å²) >= 11 is 0. The van der Waals surface area contributed by atoms with Gasteiger partial charge in [0.1, 0.15) is 47.0 Å². The number of nitrogens with one attached hydrogen (secondary N) is 3. The molecule has 7 aromatic rings. The Kier molecular flexibility index (Phi) is 27.0. The number of carbonyl (C=O) groups is 4. The van der Waals surface area contributed by atoms with Crippen molar-refractivity contribution >= 4 is 60.8 Å². The molecule has 0 radical (unpaired) electrons. The van der Waals surface area contributed by atoms with Crippen LogP contribution in [-0.2, 0) is 62.2 Å². The Labute approximate surface area is 586 Å². The first-order valence-electron chi connectivity index (χ1n) is 32.8. The molecule has 0 bridgehead atoms. The Morgan fingerprint density at radius 1 is 0.564 bits per heavy atom. The smallest absolute Gasteiger partial charge is 0.410 e. The average molecular weight is 1440 g/mol. The summed E-state index contributed by atoms with van der Waals surface area (Å²) in [7, 11) is -4.26. The minimum absolute atomic E-state index is 0.0206. The molecule has 2 heterocycles. The van der Waals surface area contributed by atoms with E-state index in [1.165, 1.54) is 51.8 Å². The van der Waals surface area contributed by atoms with Crippen LogP contribution in [0.5, 0.6) is 11.5 Å². The number of Topliss-reactive ketones (excluding diaryl/α,β-unsaturated/α-hetero) is 1. The molecule has 27 heteroatoms. The molecule has 2 fully saturated rings. The summed E-state index contributed by atoms with van der Waals surface area (Å²) < 4.78 is 127. The van der Waals surface area contributed by atoms with Gasteiger partial charge in [0.15, 0.2) is 5.78 Å². The van der Waals surface area contributed by atoms with Gasteiger partial charge in [0.05, 0.1) is 73.6 Å². The number of halogens is 4. The molecule has 540 valence electrons. The number of ketones is 1. The number of carbonyl (C=O) groups excluding carboxylic acids is 4. The third-order valence-corrected chi connectivity index (χ3v) is 20.2. The van der Waals surface area contributed by atoms with E-state index >= 15 is 0 Å². The van der Waals surface area contributed by atoms with Crippen molar-refractivity contribution in [3.8, 4) is 11.5 Å². The van der Waals surface area contributed by atoms with E-state index in [0.717, 1.165) is 41.5 Å². The largest absolute Gasteiger partial charge is 0.497 e. The molecule has 0 aromatic heterocycles. The number of amides is 3. The lowest BCUT2D eigenvalue weighted by Crippen LogP contribution is -2.51. The van der Waals surface area contributed by atoms with Crippen molar-refractivity contribution in [1.29, 1.82) is 0 Å². The minimum atomic E-state index is -3.69. The first-order chi connectivity index (χ1) is 47.9. The number of methoxy groups -OCH3 is 2. The van der Waals surface area contributed by atoms with E-state index in [1.807, 2.05) is 54.6 Å². The van der Waals surface area contributed by atoms with E-state index in [1.54, 1.807) is 71.2 Å². The molecule has 5 N–H and O–H groups in total. The number of oxime groups is 1. The fraction of sp³-hybridized carbons (Fsp3) is 0.365. The van der Waals surface area contributed by atoms with Crippen LogP contribution in [0.15, 0.2) is 157 Å². The van der Waals surface area contributed by atoms with Crippen LogP contribution in [0.3, 0.4) is 0 Å². The first kappa shape index (κ1) is 77.3. The van der Waals surface area contributed by atoms with Crippen LogP contribution in [0, 0.1) is 23.3 Å². The number of sulfonamides is 2. The van der Waals surface area contributed by atoms with Crippen LogP contribution in [0.4, 0.5) is 33.7 Å². The third-order valence-electron chi connectivity index (χ3n) is 16.4. The van der Waals surface area contributed by atoms with Gasteiger partial charge in [-0.2, -0.15) is 0 Å². The van der Waals surface area contributed by atoms with Gasteiger partial charge < -0.3 is 50.1 Å². The van der Waals surface area contributed by atoms with Crippen molar-refractivity contribution in [2.75, 3.05) is 60.5 Å². The number of ether oxygens (including phenoxy) is 3. The van der Waals surface area contributed by atoms with Crippen LogP contribution >= 0.6 is 0 Å². The molecular weight excluding hydrogens is 1350 g/mol. The maximum absolute atomic E-state index is 14.2. The Balaban J connectivity index is 0.000000257. The highest BCUT2D eigenvalue weighted by molar-refractivity contribution is 7.93. The van der Waals surface area contributed by atoms with Gasteiger partial charge >= 0.3 is 6.09 Å². The normalized spacial score (nSPS) is 15.5. The molecule has 0 aliphatic carbocycles. The number of hydrogen-bond acceptors (Lipinski definition) is 16. The van der Waals surface area contributed by atoms with Crippen LogP contribution in [-0.4, -0.2) is 143 Å². The molecule has 4 atom stereocenters. The van der Waals surface area contributed by atoms with E-state index in [2.05, 4.69) is 21.1 Å². The van der Waals surface area contributed by atoms with Crippen LogP contribution in [0.2, 0.25) is 0 Å². The summed E-state index contributed by atoms with van der Waals surface area (Å²) in [6.07, 6.45) is -1.56. The maximum atomic E-state index is 14.2. The van der Waals surface area contributed by atoms with Crippen molar-refractivity contribution in [3.05, 3.63) is 225 Å². The quantitative estimate of drug-likeness (QED) is 0.0139. The highest BCUT2D eigenvalue weighted by atomic mass is 32.2. The number of hydrogen-bond donors (Lipinski definition) is 5. The van der Waals surface area contributed by atoms with Gasteiger partial charge in [-0.25, -0.2) is 39.2 Å². The summed E-state index contributed by atoms with van der Waals surface area (Å²) in [6, 6.07) is 36.1. The fourth-order valence-corrected chi connectivity index (χ4v) is 14.6. The van der Waals surface area contributed by atoms with Gasteiger partial charge in [0.2, 0.25) is 20.0 Å². The predicted molar refractivity (Wildman–Crippen MR) is 376 cm³/mol. The number of aliphatic hydroxyl groups excluding tert-OH is 2. The average Bonchev–Trinajstić information content (AvgIpc) is 0.799. The Hall–Kier alpha value is -9.41. The highest BCUT2D eigenvalue weighted by Gasteiger charge is 2.33. The molecule has 0 unspecified atom stereocenters. The van der Waals surface area contributed by atoms with Gasteiger partial charge in [-0.1, -0.05) is 59.8 Å². The van der Waals surface area contributed by atoms with Crippen LogP contribution in [0.25, 0.3) is 0 Å². The molecule has 101 heavy (non-hydrogen) atoms. The van der Waals surface area contributed by atoms with Crippen molar-refractivity contribution < 1.29 is 82.8 Å². The summed E-state index contributed by atoms with van der Waals surface area (Å²) in [4.78, 5) is 60.5. The van der Waals surface area contributed by atoms with Crippen LogP contribution in [0.1, 0.15) is 125 Å². The van der Waals surface area contributed by atoms with Crippen LogP contribution < -0.4 is 34.0 Å². The lowest BCUT2D eigenvalue weighted by molar-refractivity contribution is 0.00834. The highest BCUT2D eigenvalue weighted by Crippen LogP contribution is 2.30. The standard InChI is InChI=1S/C38H42F2N4O6S.C36H43F2N3O8S/c1-26(43-50-25-27-9-4-3-5-10-27)30-19-31(21-34(20-30)44-13-6-7-14-51(44,47)48)38(46)42-36(18-29-15-32(39)22-33(40)16-29)37(45)24-41-23-28-11-8-12-35(17-28)49-2;1-23(42)26-17-27(19-30(18-26)41-11-6-7-12-50(41,46)47)34(44)39-32(16-25-13-28(37)20-29(38)14-25)33(43)22-40(35(45)49-36(2,3)4)21-24-9-8-10-31(15-24)48-5/h3-5,8-12,15-17,19-22,36-37,41,45H,6-7,13-14,18,23-25H2,1-2H3,(H,42,46);8-10,13-15,17-20,32-33,43H,6-7,11-12,16,21-22H2,1-5H3,(H,39,44)/b43-26+;/t36-,37+;32-,33+/m00/s1. The minimum Gasteiger partial charge on any atom is -0.497 e. The molecule has 9 rings (SSSR count). The predicted octanol–water partition coefficient (Wildman–Crippen LogP) is 10.6. The van der Waals surface area contributed by atoms with E-state index in [0.29, 0.717) is 72.3 Å². The topological polar surface area (TPSA) is 272 Å². The van der Waals surface area contributed by atoms with E-state index in [-0.39, 0.29) is 97.2 Å². The monoisotopic (exact) mass is 1440 g/mol. The second kappa shape index (κ2) is 35.3. The fourth-order valence-electron chi connectivity index (χ4n) is 11.4. The summed E-state index contributed by atoms with van der Waals surface area (Å²) in [5.41, 5.74) is 3.33. The summed E-state index contributed by atoms with van der Waals surface area (Å²) in [6.45, 7) is 8.67. The Bertz CT molecular complexity index is 4280. The van der Waals surface area contributed by atoms with Gasteiger partial charge in [-0.15, -0.1) is 0 Å². The van der Waals surface area contributed by atoms with E-state index in [9.17, 15) is 63.8 Å². The summed E-state index contributed by atoms with van der Waals surface area (Å²) in [5.74, 6) is -4.02. The number of benzene rings is 7. The zero-order valence-electron chi connectivity index (χ0n) is 57.3. The third kappa shape index (κ3) is 23.1. The second-order valence-corrected chi connectivity index (χ2v) is 29.7. The van der Waals surface area contributed by atoms with Crippen molar-refractivity contribution in [2.45, 2.75) is 123 Å². The van der Waals surface area contributed by atoms with Gasteiger partial charge in [0, 0.05) is 67.1 Å². The van der Waals surface area contributed by atoms with Crippen molar-refractivity contribution in [3.63, 3.8) is 0 Å². The number of nitrogens with zero attached hydrogens (tertiary/aromatic N) is 4. The molecule has 0 saturated carbocycles. The number of rotatable bonds is 27. The van der Waals surface area contributed by atoms with E-state index in [4.69, 9.17) is 19.0 Å². The lowest BCUT2D eigenvalue weighted by atomic mass is 9.99. The molecular formula is C74H85F4N7O14S2. The zero-order chi connectivity index (χ0) is 73.2. The van der Waals surface area contributed by atoms with Crippen molar-refractivity contribution in [1.82, 2.24) is 20.9 Å². The molecule has 2 aliphatic heterocycles. The van der Waals surface area contributed by atoms with Crippen molar-refractivity contribution in [2.24, 2.45) is 5.16 Å². The molecule has 21 nitrogen and oxygen atoms in total. The van der Waals surface area contributed by atoms with Gasteiger partial charge in [0.25, 0.3) is 11.8 Å². The molecule has 3 amide bonds. The SMILES string of the molecule is COc1cccc(CN(C[C@@H](O)[C@H](Cc2cc(F)cc(F)c2)NC(=O)c2cc(C(C)=O)cc(N3CCCCS3(=O)=O)c2)C(=O)OC(C)(C)C)c1.COc1cccc(CNC[C@@H](O)[C@H](Cc2cc(F)cc(F)c2)NC(=O)c2cc(/C(C)=N/OCc3ccccc3)cc(N3CCCCS3(=O)=O)c2)c1. The molecule has 2 saturated heterocycles. The first-order valence-corrected chi connectivity index (χ1v) is 36.0. The maximum Gasteiger partial charge on any atom is 0.410 e. The van der Waals surface area contributed by atoms with E-state index < -0.39 is 96.9 Å². The lowest BCUT2D eigenvalue weighted by Gasteiger charge is -2.32. The molecule has 2 aliphatic rings. The zero-order valence-corrected chi connectivity index (χ0v) is 58.9. The number of anilines is 2. The van der Waals surface area contributed by atoms with Gasteiger partial charge in [-0.05, 0) is 186 Å². The second-order valence-electron chi connectivity index (χ2n) is 25.7. The number of aliphatic hydroxyl groups is 2. The molecule has 0 spiro atoms.